The maximum atomic E-state index is 13.4. The minimum absolute atomic E-state index is 0.0201. The number of fused-ring (bicyclic) bond motifs is 1. The first-order valence-corrected chi connectivity index (χ1v) is 17.8. The Morgan fingerprint density at radius 1 is 0.961 bits per heavy atom. The number of nitrogens with one attached hydrogen (secondary N) is 2. The van der Waals surface area contributed by atoms with Crippen molar-refractivity contribution in [1.82, 2.24) is 10.3 Å². The van der Waals surface area contributed by atoms with Crippen LogP contribution in [-0.2, 0) is 17.6 Å². The van der Waals surface area contributed by atoms with Crippen molar-refractivity contribution < 1.29 is 29.6 Å². The minimum atomic E-state index is -0.419. The number of aromatic hydroxyl groups is 2. The van der Waals surface area contributed by atoms with E-state index < -0.39 is 5.92 Å². The van der Waals surface area contributed by atoms with Gasteiger partial charge in [0.05, 0.1) is 12.7 Å². The van der Waals surface area contributed by atoms with Gasteiger partial charge >= 0.3 is 0 Å². The summed E-state index contributed by atoms with van der Waals surface area (Å²) in [5, 5.41) is 34.0. The minimum Gasteiger partial charge on any atom is -0.508 e. The number of nitrogens with two attached hydrogens (primary N) is 1. The SMILES string of the molecule is C[C@H](O)CCCCC/C=C/C(=O)CCc1ccc(O)c(OCCc2ccc(O)c([C@H](CC(=O)c3cc[nH]c3)c3ccc4c(c3)C=CN[C@@H]4N)c2)c1. The monoisotopic (exact) mass is 691 g/mol. The summed E-state index contributed by atoms with van der Waals surface area (Å²) in [6.07, 6.45) is 16.3. The summed E-state index contributed by atoms with van der Waals surface area (Å²) < 4.78 is 6.01. The number of Topliss-reactive ketones (excluding diaryl/α,β-unsaturated/α-hetero) is 1. The lowest BCUT2D eigenvalue weighted by Gasteiger charge is -2.24. The third-order valence-electron chi connectivity index (χ3n) is 9.29. The smallest absolute Gasteiger partial charge is 0.165 e. The van der Waals surface area contributed by atoms with Crippen LogP contribution in [0.15, 0.2) is 91.4 Å². The Hall–Kier alpha value is -5.12. The molecule has 0 saturated heterocycles. The van der Waals surface area contributed by atoms with Crippen molar-refractivity contribution in [2.75, 3.05) is 6.61 Å². The summed E-state index contributed by atoms with van der Waals surface area (Å²) in [6, 6.07) is 18.3. The van der Waals surface area contributed by atoms with Crippen LogP contribution in [-0.4, -0.2) is 44.6 Å². The maximum Gasteiger partial charge on any atom is 0.165 e. The Morgan fingerprint density at radius 3 is 2.55 bits per heavy atom. The van der Waals surface area contributed by atoms with Crippen LogP contribution in [0.5, 0.6) is 17.2 Å². The molecular weight excluding hydrogens is 642 g/mol. The second-order valence-corrected chi connectivity index (χ2v) is 13.3. The molecule has 0 bridgehead atoms. The largest absolute Gasteiger partial charge is 0.508 e. The molecular formula is C42H49N3O6. The zero-order valence-corrected chi connectivity index (χ0v) is 29.2. The summed E-state index contributed by atoms with van der Waals surface area (Å²) in [6.45, 7) is 2.07. The number of ether oxygens (including phenoxy) is 1. The first kappa shape index (κ1) is 37.1. The number of phenolic OH excluding ortho intramolecular Hbond substituents is 2. The first-order chi connectivity index (χ1) is 24.7. The van der Waals surface area contributed by atoms with E-state index in [4.69, 9.17) is 10.5 Å². The van der Waals surface area contributed by atoms with Crippen LogP contribution in [0.2, 0.25) is 0 Å². The van der Waals surface area contributed by atoms with E-state index in [0.717, 1.165) is 59.9 Å². The van der Waals surface area contributed by atoms with Crippen molar-refractivity contribution in [3.05, 3.63) is 130 Å². The number of benzene rings is 3. The summed E-state index contributed by atoms with van der Waals surface area (Å²) in [4.78, 5) is 28.7. The highest BCUT2D eigenvalue weighted by Gasteiger charge is 2.24. The van der Waals surface area contributed by atoms with E-state index in [-0.39, 0.29) is 48.4 Å². The van der Waals surface area contributed by atoms with Crippen molar-refractivity contribution in [3.63, 3.8) is 0 Å². The molecule has 1 aliphatic rings. The van der Waals surface area contributed by atoms with Gasteiger partial charge in [-0.2, -0.15) is 0 Å². The third kappa shape index (κ3) is 10.7. The van der Waals surface area contributed by atoms with Crippen LogP contribution in [0.1, 0.15) is 108 Å². The Bertz CT molecular complexity index is 1830. The topological polar surface area (TPSA) is 158 Å². The van der Waals surface area contributed by atoms with Crippen LogP contribution >= 0.6 is 0 Å². The highest BCUT2D eigenvalue weighted by atomic mass is 16.5. The molecule has 0 unspecified atom stereocenters. The van der Waals surface area contributed by atoms with Gasteiger partial charge in [0, 0.05) is 48.7 Å². The number of rotatable bonds is 19. The van der Waals surface area contributed by atoms with E-state index >= 15 is 0 Å². The number of ketones is 2. The quantitative estimate of drug-likeness (QED) is 0.0338. The molecule has 1 aromatic heterocycles. The number of hydrogen-bond acceptors (Lipinski definition) is 8. The molecule has 51 heavy (non-hydrogen) atoms. The summed E-state index contributed by atoms with van der Waals surface area (Å²) in [5.74, 6) is 0.0493. The van der Waals surface area contributed by atoms with Crippen molar-refractivity contribution in [1.29, 1.82) is 0 Å². The molecule has 7 N–H and O–H groups in total. The number of aliphatic hydroxyl groups excluding tert-OH is 1. The number of unbranched alkanes of at least 4 members (excludes halogenated alkanes) is 3. The fourth-order valence-electron chi connectivity index (χ4n) is 6.37. The third-order valence-corrected chi connectivity index (χ3v) is 9.29. The number of phenols is 2. The van der Waals surface area contributed by atoms with E-state index in [0.29, 0.717) is 36.1 Å². The van der Waals surface area contributed by atoms with Crippen LogP contribution in [0.3, 0.4) is 0 Å². The van der Waals surface area contributed by atoms with Crippen LogP contribution < -0.4 is 15.8 Å². The van der Waals surface area contributed by atoms with Gasteiger partial charge in [-0.15, -0.1) is 0 Å². The van der Waals surface area contributed by atoms with E-state index in [9.17, 15) is 24.9 Å². The predicted octanol–water partition coefficient (Wildman–Crippen LogP) is 7.37. The van der Waals surface area contributed by atoms with Crippen LogP contribution in [0, 0.1) is 0 Å². The van der Waals surface area contributed by atoms with Crippen molar-refractivity contribution >= 4 is 17.6 Å². The molecule has 0 fully saturated rings. The van der Waals surface area contributed by atoms with Crippen LogP contribution in [0.4, 0.5) is 0 Å². The molecule has 3 atom stereocenters. The average molecular weight is 692 g/mol. The normalized spacial score (nSPS) is 14.9. The molecule has 4 aromatic rings. The van der Waals surface area contributed by atoms with Gasteiger partial charge in [0.1, 0.15) is 11.9 Å². The van der Waals surface area contributed by atoms with Gasteiger partial charge in [-0.1, -0.05) is 55.3 Å². The number of aromatic nitrogens is 1. The number of carbonyl (C=O) groups is 2. The van der Waals surface area contributed by atoms with Crippen molar-refractivity contribution in [2.24, 2.45) is 5.73 Å². The second-order valence-electron chi connectivity index (χ2n) is 13.3. The lowest BCUT2D eigenvalue weighted by Crippen LogP contribution is -2.27. The molecule has 9 nitrogen and oxygen atoms in total. The molecule has 0 radical (unpaired) electrons. The summed E-state index contributed by atoms with van der Waals surface area (Å²) in [5.41, 5.74) is 12.0. The maximum absolute atomic E-state index is 13.4. The second kappa shape index (κ2) is 18.2. The van der Waals surface area contributed by atoms with Gasteiger partial charge in [-0.05, 0) is 103 Å². The fraction of sp³-hybridized carbons (Fsp3) is 0.333. The lowest BCUT2D eigenvalue weighted by molar-refractivity contribution is -0.114. The number of aromatic amines is 1. The zero-order chi connectivity index (χ0) is 36.2. The molecule has 2 heterocycles. The molecule has 9 heteroatoms. The van der Waals surface area contributed by atoms with Gasteiger partial charge < -0.3 is 36.1 Å². The Balaban J connectivity index is 1.22. The number of aryl methyl sites for hydroxylation is 1. The molecule has 0 spiro atoms. The van der Waals surface area contributed by atoms with Gasteiger partial charge in [0.2, 0.25) is 0 Å². The zero-order valence-electron chi connectivity index (χ0n) is 29.2. The number of hydrogen-bond donors (Lipinski definition) is 6. The molecule has 3 aromatic carbocycles. The molecule has 0 saturated carbocycles. The van der Waals surface area contributed by atoms with E-state index in [1.807, 2.05) is 48.7 Å². The number of H-pyrrole nitrogens is 1. The standard InChI is InChI=1S/C42H49N3O6/c1-28(46)7-5-3-2-4-6-8-34(47)13-9-29-11-16-39(49)41(24-29)51-22-19-30-10-15-38(48)37(23-30)36(26-40(50)33-17-20-44-27-33)31-12-14-35-32(25-31)18-21-45-42(35)43/h6,8,10-12,14-18,20-21,23-25,27-28,36,42,44-46,48-49H,2-5,7,9,13,19,22,26,43H2,1H3/b8-6+/t28-,36+,42-/m0/s1. The molecule has 5 rings (SSSR count). The molecule has 0 aliphatic carbocycles. The van der Waals surface area contributed by atoms with Gasteiger partial charge in [0.25, 0.3) is 0 Å². The van der Waals surface area contributed by atoms with Crippen molar-refractivity contribution in [2.45, 2.75) is 82.9 Å². The molecule has 1 aliphatic heterocycles. The Kier molecular flexibility index (Phi) is 13.3. The van der Waals surface area contributed by atoms with Gasteiger partial charge in [-0.3, -0.25) is 9.59 Å². The number of allylic oxidation sites excluding steroid dienone is 2. The number of aliphatic hydroxyl groups is 1. The fourth-order valence-corrected chi connectivity index (χ4v) is 6.37. The van der Waals surface area contributed by atoms with E-state index in [1.165, 1.54) is 0 Å². The average Bonchev–Trinajstić information content (AvgIpc) is 3.67. The summed E-state index contributed by atoms with van der Waals surface area (Å²) in [7, 11) is 0. The summed E-state index contributed by atoms with van der Waals surface area (Å²) >= 11 is 0. The Morgan fingerprint density at radius 2 is 1.76 bits per heavy atom. The molecule has 268 valence electrons. The van der Waals surface area contributed by atoms with Crippen molar-refractivity contribution in [3.8, 4) is 17.2 Å². The molecule has 0 amide bonds. The first-order valence-electron chi connectivity index (χ1n) is 17.8. The van der Waals surface area contributed by atoms with E-state index in [2.05, 4.69) is 10.3 Å². The van der Waals surface area contributed by atoms with Crippen LogP contribution in [0.25, 0.3) is 6.08 Å². The highest BCUT2D eigenvalue weighted by molar-refractivity contribution is 5.96. The number of carbonyl (C=O) groups excluding carboxylic acids is 2. The van der Waals surface area contributed by atoms with E-state index in [1.54, 1.807) is 55.7 Å². The highest BCUT2D eigenvalue weighted by Crippen LogP contribution is 2.37. The predicted molar refractivity (Wildman–Crippen MR) is 200 cm³/mol. The van der Waals surface area contributed by atoms with Gasteiger partial charge in [-0.25, -0.2) is 0 Å². The lowest BCUT2D eigenvalue weighted by atomic mass is 9.83. The van der Waals surface area contributed by atoms with Gasteiger partial charge in [0.15, 0.2) is 23.1 Å². The Labute approximate surface area is 299 Å².